The SMILES string of the molecule is CB1C(C(C)(C)C)=c2ccccc2=C(C)N1N1C(C)C(C)(C)CC1(C)C. The normalized spacial score (nSPS) is 25.7. The average molecular weight is 352 g/mol. The van der Waals surface area contributed by atoms with E-state index in [0.29, 0.717) is 18.3 Å². The largest absolute Gasteiger partial charge is 0.347 e. The zero-order valence-electron chi connectivity index (χ0n) is 18.6. The van der Waals surface area contributed by atoms with E-state index in [0.717, 1.165) is 0 Å². The number of hydrogen-bond acceptors (Lipinski definition) is 2. The molecule has 0 aromatic heterocycles. The highest BCUT2D eigenvalue weighted by Gasteiger charge is 2.53. The summed E-state index contributed by atoms with van der Waals surface area (Å²) in [5.74, 6) is 0. The van der Waals surface area contributed by atoms with Crippen LogP contribution >= 0.6 is 0 Å². The van der Waals surface area contributed by atoms with Crippen LogP contribution in [-0.2, 0) is 0 Å². The lowest BCUT2D eigenvalue weighted by Crippen LogP contribution is -2.63. The molecule has 142 valence electrons. The van der Waals surface area contributed by atoms with Gasteiger partial charge in [0.15, 0.2) is 0 Å². The minimum Gasteiger partial charge on any atom is -0.347 e. The van der Waals surface area contributed by atoms with Crippen molar-refractivity contribution in [1.29, 1.82) is 0 Å². The summed E-state index contributed by atoms with van der Waals surface area (Å²) in [6.07, 6.45) is 1.21. The van der Waals surface area contributed by atoms with E-state index in [1.807, 2.05) is 0 Å². The van der Waals surface area contributed by atoms with E-state index < -0.39 is 0 Å². The standard InChI is InChI=1S/C23H37BN2/c1-16-18-13-11-12-14-19(18)20(21(3,4)5)24(10)26(16)25-17(2)22(6,7)15-23(25,8)9/h11-14,17H,15H2,1-10H3. The van der Waals surface area contributed by atoms with Gasteiger partial charge in [0, 0.05) is 17.3 Å². The Bertz CT molecular complexity index is 828. The predicted octanol–water partition coefficient (Wildman–Crippen LogP) is 4.30. The predicted molar refractivity (Wildman–Crippen MR) is 115 cm³/mol. The fraction of sp³-hybridized carbons (Fsp3) is 0.652. The minimum atomic E-state index is 0.136. The molecule has 2 heterocycles. The molecule has 1 aromatic carbocycles. The summed E-state index contributed by atoms with van der Waals surface area (Å²) in [6.45, 7) is 24.2. The molecule has 1 aromatic rings. The Kier molecular flexibility index (Phi) is 4.43. The summed E-state index contributed by atoms with van der Waals surface area (Å²) in [5, 5.41) is 5.52. The summed E-state index contributed by atoms with van der Waals surface area (Å²) in [7, 11) is 0. The highest BCUT2D eigenvalue weighted by atomic mass is 15.6. The zero-order valence-corrected chi connectivity index (χ0v) is 18.6. The van der Waals surface area contributed by atoms with Crippen LogP contribution in [-0.4, -0.2) is 28.4 Å². The maximum atomic E-state index is 2.69. The zero-order chi connectivity index (χ0) is 19.7. The third-order valence-electron chi connectivity index (χ3n) is 6.78. The first-order chi connectivity index (χ1) is 11.8. The number of hydrogen-bond donors (Lipinski definition) is 0. The van der Waals surface area contributed by atoms with Gasteiger partial charge in [0.25, 0.3) is 0 Å². The van der Waals surface area contributed by atoms with Gasteiger partial charge in [-0.25, -0.2) is 5.01 Å². The maximum Gasteiger partial charge on any atom is 0.300 e. The number of hydrazine groups is 1. The van der Waals surface area contributed by atoms with Crippen molar-refractivity contribution < 1.29 is 0 Å². The van der Waals surface area contributed by atoms with Crippen molar-refractivity contribution in [3.8, 4) is 0 Å². The molecular formula is C23H37BN2. The number of fused-ring (bicyclic) bond motifs is 1. The number of nitrogens with zero attached hydrogens (tertiary/aromatic N) is 2. The average Bonchev–Trinajstić information content (AvgIpc) is 2.63. The van der Waals surface area contributed by atoms with Crippen LogP contribution < -0.4 is 10.4 Å². The van der Waals surface area contributed by atoms with Crippen molar-refractivity contribution in [3.05, 3.63) is 34.7 Å². The Morgan fingerprint density at radius 1 is 1.04 bits per heavy atom. The smallest absolute Gasteiger partial charge is 0.300 e. The van der Waals surface area contributed by atoms with E-state index >= 15 is 0 Å². The molecule has 2 nitrogen and oxygen atoms in total. The molecule has 1 atom stereocenters. The highest BCUT2D eigenvalue weighted by molar-refractivity contribution is 6.75. The molecule has 0 amide bonds. The molecular weight excluding hydrogens is 315 g/mol. The van der Waals surface area contributed by atoms with E-state index in [9.17, 15) is 0 Å². The Labute approximate surface area is 161 Å². The summed E-state index contributed by atoms with van der Waals surface area (Å²) in [5.41, 5.74) is 3.53. The molecule has 3 rings (SSSR count). The van der Waals surface area contributed by atoms with E-state index in [2.05, 4.69) is 103 Å². The van der Waals surface area contributed by atoms with Crippen molar-refractivity contribution in [2.75, 3.05) is 0 Å². The third-order valence-corrected chi connectivity index (χ3v) is 6.78. The second-order valence-electron chi connectivity index (χ2n) is 10.8. The van der Waals surface area contributed by atoms with Gasteiger partial charge in [-0.2, -0.15) is 0 Å². The fourth-order valence-corrected chi connectivity index (χ4v) is 5.85. The maximum absolute atomic E-state index is 2.69. The van der Waals surface area contributed by atoms with Gasteiger partial charge in [-0.3, -0.25) is 0 Å². The summed E-state index contributed by atoms with van der Waals surface area (Å²) < 4.78 is 0. The summed E-state index contributed by atoms with van der Waals surface area (Å²) >= 11 is 0. The van der Waals surface area contributed by atoms with Crippen LogP contribution in [0.3, 0.4) is 0 Å². The lowest BCUT2D eigenvalue weighted by molar-refractivity contribution is -0.00356. The lowest BCUT2D eigenvalue weighted by Gasteiger charge is -2.51. The van der Waals surface area contributed by atoms with Gasteiger partial charge in [0.1, 0.15) is 0 Å². The van der Waals surface area contributed by atoms with Crippen molar-refractivity contribution in [2.24, 2.45) is 10.8 Å². The molecule has 1 fully saturated rings. The Morgan fingerprint density at radius 2 is 1.58 bits per heavy atom. The second kappa shape index (κ2) is 5.89. The molecule has 0 bridgehead atoms. The molecule has 26 heavy (non-hydrogen) atoms. The number of benzene rings is 1. The molecule has 0 spiro atoms. The van der Waals surface area contributed by atoms with Gasteiger partial charge in [-0.1, -0.05) is 71.2 Å². The molecule has 2 aliphatic heterocycles. The van der Waals surface area contributed by atoms with Crippen molar-refractivity contribution in [3.63, 3.8) is 0 Å². The van der Waals surface area contributed by atoms with E-state index in [4.69, 9.17) is 0 Å². The van der Waals surface area contributed by atoms with Gasteiger partial charge >= 0.3 is 6.85 Å². The van der Waals surface area contributed by atoms with Crippen LogP contribution in [0.4, 0.5) is 0 Å². The van der Waals surface area contributed by atoms with Gasteiger partial charge in [-0.15, -0.1) is 0 Å². The second-order valence-corrected chi connectivity index (χ2v) is 10.8. The van der Waals surface area contributed by atoms with Crippen LogP contribution in [0, 0.1) is 10.8 Å². The van der Waals surface area contributed by atoms with Gasteiger partial charge in [-0.05, 0) is 55.4 Å². The summed E-state index contributed by atoms with van der Waals surface area (Å²) in [4.78, 5) is 2.63. The van der Waals surface area contributed by atoms with Crippen molar-refractivity contribution >= 4 is 18.0 Å². The molecule has 0 aliphatic carbocycles. The van der Waals surface area contributed by atoms with Crippen LogP contribution in [0.25, 0.3) is 11.2 Å². The Balaban J connectivity index is 2.29. The van der Waals surface area contributed by atoms with E-state index in [1.165, 1.54) is 22.6 Å². The molecule has 0 N–H and O–H groups in total. The third kappa shape index (κ3) is 2.83. The topological polar surface area (TPSA) is 6.48 Å². The monoisotopic (exact) mass is 352 g/mol. The highest BCUT2D eigenvalue weighted by Crippen LogP contribution is 2.48. The summed E-state index contributed by atoms with van der Waals surface area (Å²) in [6, 6.07) is 9.48. The lowest BCUT2D eigenvalue weighted by atomic mass is 9.48. The number of rotatable bonds is 1. The van der Waals surface area contributed by atoms with Crippen molar-refractivity contribution in [2.45, 2.75) is 87.1 Å². The molecule has 1 unspecified atom stereocenters. The first kappa shape index (κ1) is 19.5. The van der Waals surface area contributed by atoms with Crippen LogP contribution in [0.15, 0.2) is 24.3 Å². The Morgan fingerprint density at radius 3 is 2.04 bits per heavy atom. The van der Waals surface area contributed by atoms with Gasteiger partial charge in [0.05, 0.1) is 0 Å². The van der Waals surface area contributed by atoms with Gasteiger partial charge in [0.2, 0.25) is 0 Å². The van der Waals surface area contributed by atoms with E-state index in [1.54, 1.807) is 5.47 Å². The molecule has 1 saturated heterocycles. The quantitative estimate of drug-likeness (QED) is 0.695. The molecule has 2 aliphatic rings. The molecule has 3 heteroatoms. The minimum absolute atomic E-state index is 0.136. The van der Waals surface area contributed by atoms with Crippen molar-refractivity contribution in [1.82, 2.24) is 9.93 Å². The first-order valence-electron chi connectivity index (χ1n) is 10.2. The molecule has 0 saturated carbocycles. The van der Waals surface area contributed by atoms with E-state index in [-0.39, 0.29) is 11.0 Å². The van der Waals surface area contributed by atoms with Gasteiger partial charge < -0.3 is 4.92 Å². The first-order valence-corrected chi connectivity index (χ1v) is 10.2. The fourth-order valence-electron chi connectivity index (χ4n) is 5.85. The van der Waals surface area contributed by atoms with Crippen LogP contribution in [0.1, 0.15) is 68.7 Å². The van der Waals surface area contributed by atoms with Crippen LogP contribution in [0.5, 0.6) is 0 Å². The Hall–Kier alpha value is -1.22. The van der Waals surface area contributed by atoms with Crippen LogP contribution in [0.2, 0.25) is 6.82 Å². The molecule has 0 radical (unpaired) electrons.